The van der Waals surface area contributed by atoms with Crippen LogP contribution >= 0.6 is 0 Å². The summed E-state index contributed by atoms with van der Waals surface area (Å²) in [5.74, 6) is -0.540. The lowest BCUT2D eigenvalue weighted by atomic mass is 10.0. The van der Waals surface area contributed by atoms with Crippen LogP contribution in [0.2, 0.25) is 0 Å². The number of pyridine rings is 1. The van der Waals surface area contributed by atoms with Crippen molar-refractivity contribution in [2.75, 3.05) is 20.3 Å². The number of benzene rings is 1. The molecular weight excluding hydrogens is 256 g/mol. The first-order chi connectivity index (χ1) is 9.65. The number of imide groups is 1. The number of para-hydroxylation sites is 1. The quantitative estimate of drug-likeness (QED) is 0.798. The Morgan fingerprint density at radius 1 is 1.15 bits per heavy atom. The van der Waals surface area contributed by atoms with Crippen molar-refractivity contribution in [2.24, 2.45) is 0 Å². The summed E-state index contributed by atoms with van der Waals surface area (Å²) in [4.78, 5) is 30.5. The molecule has 1 aromatic heterocycles. The number of hydrogen-bond donors (Lipinski definition) is 0. The van der Waals surface area contributed by atoms with Gasteiger partial charge in [-0.2, -0.15) is 0 Å². The van der Waals surface area contributed by atoms with Gasteiger partial charge in [0.1, 0.15) is 0 Å². The fourth-order valence-electron chi connectivity index (χ4n) is 2.57. The molecule has 0 spiro atoms. The Balaban J connectivity index is 2.21. The van der Waals surface area contributed by atoms with Crippen molar-refractivity contribution in [1.29, 1.82) is 0 Å². The van der Waals surface area contributed by atoms with E-state index < -0.39 is 0 Å². The number of rotatable bonds is 3. The van der Waals surface area contributed by atoms with Gasteiger partial charge >= 0.3 is 0 Å². The first kappa shape index (κ1) is 12.7. The first-order valence-corrected chi connectivity index (χ1v) is 6.39. The Hall–Kier alpha value is -2.27. The second-order valence-electron chi connectivity index (χ2n) is 4.72. The molecule has 0 fully saturated rings. The molecule has 0 aliphatic carbocycles. The zero-order chi connectivity index (χ0) is 14.3. The highest BCUT2D eigenvalue weighted by atomic mass is 16.5. The van der Waals surface area contributed by atoms with E-state index in [1.54, 1.807) is 14.0 Å². The first-order valence-electron chi connectivity index (χ1n) is 6.39. The van der Waals surface area contributed by atoms with E-state index >= 15 is 0 Å². The van der Waals surface area contributed by atoms with Gasteiger partial charge in [0.2, 0.25) is 0 Å². The van der Waals surface area contributed by atoms with Crippen molar-refractivity contribution in [2.45, 2.75) is 6.92 Å². The predicted octanol–water partition coefficient (Wildman–Crippen LogP) is 1.79. The van der Waals surface area contributed by atoms with Crippen molar-refractivity contribution in [3.05, 3.63) is 41.1 Å². The summed E-state index contributed by atoms with van der Waals surface area (Å²) in [6.45, 7) is 2.35. The number of nitrogens with zero attached hydrogens (tertiary/aromatic N) is 2. The molecule has 102 valence electrons. The molecule has 20 heavy (non-hydrogen) atoms. The van der Waals surface area contributed by atoms with E-state index in [2.05, 4.69) is 4.98 Å². The zero-order valence-corrected chi connectivity index (χ0v) is 11.3. The summed E-state index contributed by atoms with van der Waals surface area (Å²) in [6, 6.07) is 7.38. The number of hydrogen-bond acceptors (Lipinski definition) is 4. The van der Waals surface area contributed by atoms with Crippen LogP contribution < -0.4 is 0 Å². The SMILES string of the molecule is COCCN1C(=O)c2c(C)nc3ccccc3c2C1=O. The van der Waals surface area contributed by atoms with Gasteiger partial charge < -0.3 is 4.74 Å². The summed E-state index contributed by atoms with van der Waals surface area (Å²) in [7, 11) is 1.54. The van der Waals surface area contributed by atoms with Crippen LogP contribution in [0.1, 0.15) is 26.4 Å². The molecule has 0 bridgehead atoms. The monoisotopic (exact) mass is 270 g/mol. The van der Waals surface area contributed by atoms with Crippen LogP contribution in [0.15, 0.2) is 24.3 Å². The number of methoxy groups -OCH3 is 1. The van der Waals surface area contributed by atoms with Gasteiger partial charge in [-0.15, -0.1) is 0 Å². The highest BCUT2D eigenvalue weighted by molar-refractivity contribution is 6.26. The number of carbonyl (C=O) groups excluding carboxylic acids is 2. The van der Waals surface area contributed by atoms with Crippen LogP contribution in [0.25, 0.3) is 10.9 Å². The van der Waals surface area contributed by atoms with E-state index in [9.17, 15) is 9.59 Å². The molecule has 5 nitrogen and oxygen atoms in total. The molecule has 0 saturated heterocycles. The lowest BCUT2D eigenvalue weighted by Gasteiger charge is -2.12. The molecule has 5 heteroatoms. The van der Waals surface area contributed by atoms with Gasteiger partial charge in [0, 0.05) is 12.5 Å². The maximum Gasteiger partial charge on any atom is 0.263 e. The normalized spacial score (nSPS) is 14.2. The second kappa shape index (κ2) is 4.68. The molecule has 1 aromatic carbocycles. The van der Waals surface area contributed by atoms with E-state index in [1.165, 1.54) is 4.90 Å². The minimum atomic E-state index is -0.280. The van der Waals surface area contributed by atoms with Crippen LogP contribution in [0.4, 0.5) is 0 Å². The summed E-state index contributed by atoms with van der Waals surface area (Å²) in [5, 5.41) is 0.728. The van der Waals surface area contributed by atoms with Gasteiger partial charge in [-0.1, -0.05) is 18.2 Å². The number of amides is 2. The molecule has 3 rings (SSSR count). The molecule has 1 aliphatic rings. The van der Waals surface area contributed by atoms with Gasteiger partial charge in [0.15, 0.2) is 0 Å². The smallest absolute Gasteiger partial charge is 0.263 e. The minimum absolute atomic E-state index is 0.260. The van der Waals surface area contributed by atoms with Crippen molar-refractivity contribution in [1.82, 2.24) is 9.88 Å². The van der Waals surface area contributed by atoms with Crippen LogP contribution in [-0.2, 0) is 4.74 Å². The number of carbonyl (C=O) groups is 2. The lowest BCUT2D eigenvalue weighted by molar-refractivity contribution is 0.0603. The second-order valence-corrected chi connectivity index (χ2v) is 4.72. The molecule has 0 saturated carbocycles. The molecule has 0 unspecified atom stereocenters. The van der Waals surface area contributed by atoms with Crippen LogP contribution in [0.3, 0.4) is 0 Å². The van der Waals surface area contributed by atoms with Crippen molar-refractivity contribution >= 4 is 22.7 Å². The topological polar surface area (TPSA) is 59.5 Å². The summed E-state index contributed by atoms with van der Waals surface area (Å²) in [5.41, 5.74) is 2.22. The van der Waals surface area contributed by atoms with E-state index in [0.29, 0.717) is 23.4 Å². The average Bonchev–Trinajstić information content (AvgIpc) is 2.70. The summed E-state index contributed by atoms with van der Waals surface area (Å²) >= 11 is 0. The highest BCUT2D eigenvalue weighted by Gasteiger charge is 2.38. The largest absolute Gasteiger partial charge is 0.383 e. The van der Waals surface area contributed by atoms with Crippen LogP contribution in [-0.4, -0.2) is 42.0 Å². The van der Waals surface area contributed by atoms with Crippen LogP contribution in [0, 0.1) is 6.92 Å². The Labute approximate surface area is 116 Å². The Kier molecular flexibility index (Phi) is 2.99. The van der Waals surface area contributed by atoms with Crippen LogP contribution in [0.5, 0.6) is 0 Å². The molecule has 2 amide bonds. The van der Waals surface area contributed by atoms with Gasteiger partial charge in [0.25, 0.3) is 11.8 Å². The third kappa shape index (κ3) is 1.71. The van der Waals surface area contributed by atoms with Gasteiger partial charge in [0.05, 0.1) is 35.5 Å². The highest BCUT2D eigenvalue weighted by Crippen LogP contribution is 2.30. The Morgan fingerprint density at radius 3 is 2.60 bits per heavy atom. The molecule has 2 heterocycles. The Morgan fingerprint density at radius 2 is 1.85 bits per heavy atom. The molecule has 1 aliphatic heterocycles. The van der Waals surface area contributed by atoms with Gasteiger partial charge in [-0.05, 0) is 13.0 Å². The maximum absolute atomic E-state index is 12.5. The standard InChI is InChI=1S/C15H14N2O3/c1-9-12-13(10-5-3-4-6-11(10)16-9)15(19)17(14(12)18)7-8-20-2/h3-6H,7-8H2,1-2H3. The summed E-state index contributed by atoms with van der Waals surface area (Å²) < 4.78 is 4.96. The molecule has 0 atom stereocenters. The number of aryl methyl sites for hydroxylation is 1. The van der Waals surface area contributed by atoms with Gasteiger partial charge in [-0.3, -0.25) is 19.5 Å². The Bertz CT molecular complexity index is 724. The fourth-order valence-corrected chi connectivity index (χ4v) is 2.57. The number of fused-ring (bicyclic) bond motifs is 3. The van der Waals surface area contributed by atoms with E-state index in [0.717, 1.165) is 10.9 Å². The lowest BCUT2D eigenvalue weighted by Crippen LogP contribution is -2.32. The molecule has 0 radical (unpaired) electrons. The zero-order valence-electron chi connectivity index (χ0n) is 11.3. The molecular formula is C15H14N2O3. The van der Waals surface area contributed by atoms with Crippen molar-refractivity contribution in [3.8, 4) is 0 Å². The van der Waals surface area contributed by atoms with Crippen molar-refractivity contribution in [3.63, 3.8) is 0 Å². The fraction of sp³-hybridized carbons (Fsp3) is 0.267. The van der Waals surface area contributed by atoms with Gasteiger partial charge in [-0.25, -0.2) is 0 Å². The third-order valence-corrected chi connectivity index (χ3v) is 3.51. The maximum atomic E-state index is 12.5. The number of ether oxygens (including phenoxy) is 1. The minimum Gasteiger partial charge on any atom is -0.383 e. The van der Waals surface area contributed by atoms with E-state index in [1.807, 2.05) is 24.3 Å². The van der Waals surface area contributed by atoms with E-state index in [4.69, 9.17) is 4.74 Å². The summed E-state index contributed by atoms with van der Waals surface area (Å²) in [6.07, 6.45) is 0. The average molecular weight is 270 g/mol. The van der Waals surface area contributed by atoms with E-state index in [-0.39, 0.29) is 18.4 Å². The molecule has 2 aromatic rings. The molecule has 0 N–H and O–H groups in total. The predicted molar refractivity (Wildman–Crippen MR) is 73.7 cm³/mol. The van der Waals surface area contributed by atoms with Crippen molar-refractivity contribution < 1.29 is 14.3 Å². The third-order valence-electron chi connectivity index (χ3n) is 3.51. The number of aromatic nitrogens is 1.